The molecule has 1 aromatic rings. The number of anilines is 1. The summed E-state index contributed by atoms with van der Waals surface area (Å²) in [4.78, 5) is 0.236. The molecule has 4 nitrogen and oxygen atoms in total. The van der Waals surface area contributed by atoms with Crippen LogP contribution in [0.4, 0.5) is 5.69 Å². The number of para-hydroxylation sites is 1. The molecule has 1 fully saturated rings. The van der Waals surface area contributed by atoms with Gasteiger partial charge in [-0.1, -0.05) is 25.5 Å². The first-order valence-corrected chi connectivity index (χ1v) is 7.84. The monoisotopic (exact) mass is 268 g/mol. The number of nitrogens with two attached hydrogens (primary N) is 1. The van der Waals surface area contributed by atoms with Gasteiger partial charge in [0.1, 0.15) is 4.90 Å². The van der Waals surface area contributed by atoms with Crippen LogP contribution in [0.25, 0.3) is 0 Å². The van der Waals surface area contributed by atoms with Crippen molar-refractivity contribution in [2.24, 2.45) is 5.92 Å². The fourth-order valence-corrected chi connectivity index (χ4v) is 4.00. The summed E-state index contributed by atoms with van der Waals surface area (Å²) >= 11 is 0. The summed E-state index contributed by atoms with van der Waals surface area (Å²) in [5.41, 5.74) is 6.09. The van der Waals surface area contributed by atoms with E-state index in [-0.39, 0.29) is 4.90 Å². The number of benzene rings is 1. The second-order valence-corrected chi connectivity index (χ2v) is 6.70. The maximum atomic E-state index is 12.4. The van der Waals surface area contributed by atoms with Gasteiger partial charge in [-0.3, -0.25) is 0 Å². The highest BCUT2D eigenvalue weighted by molar-refractivity contribution is 7.89. The van der Waals surface area contributed by atoms with E-state index in [1.165, 1.54) is 0 Å². The Balaban J connectivity index is 2.20. The maximum absolute atomic E-state index is 12.4. The van der Waals surface area contributed by atoms with Gasteiger partial charge in [0, 0.05) is 13.1 Å². The summed E-state index contributed by atoms with van der Waals surface area (Å²) < 4.78 is 26.5. The number of hydrogen-bond donors (Lipinski definition) is 1. The number of hydrogen-bond acceptors (Lipinski definition) is 3. The van der Waals surface area contributed by atoms with Gasteiger partial charge < -0.3 is 5.73 Å². The minimum atomic E-state index is -3.42. The Labute approximate surface area is 109 Å². The molecule has 1 aliphatic heterocycles. The second-order valence-electron chi connectivity index (χ2n) is 4.79. The fraction of sp³-hybridized carbons (Fsp3) is 0.538. The van der Waals surface area contributed by atoms with E-state index in [2.05, 4.69) is 6.92 Å². The van der Waals surface area contributed by atoms with Gasteiger partial charge in [0.25, 0.3) is 0 Å². The molecule has 0 unspecified atom stereocenters. The molecule has 0 radical (unpaired) electrons. The van der Waals surface area contributed by atoms with Crippen LogP contribution in [0.15, 0.2) is 29.2 Å². The molecule has 0 amide bonds. The number of nitrogen functional groups attached to an aromatic ring is 1. The largest absolute Gasteiger partial charge is 0.398 e. The molecule has 0 saturated carbocycles. The Hall–Kier alpha value is -1.07. The van der Waals surface area contributed by atoms with Gasteiger partial charge in [0.05, 0.1) is 5.69 Å². The number of sulfonamides is 1. The van der Waals surface area contributed by atoms with Crippen molar-refractivity contribution in [2.45, 2.75) is 31.1 Å². The van der Waals surface area contributed by atoms with Crippen molar-refractivity contribution in [1.29, 1.82) is 0 Å². The fourth-order valence-electron chi connectivity index (χ4n) is 2.41. The highest BCUT2D eigenvalue weighted by Crippen LogP contribution is 2.27. The van der Waals surface area contributed by atoms with E-state index in [9.17, 15) is 8.42 Å². The first kappa shape index (κ1) is 13.4. The van der Waals surface area contributed by atoms with Crippen molar-refractivity contribution in [3.63, 3.8) is 0 Å². The Bertz CT molecular complexity index is 505. The van der Waals surface area contributed by atoms with Gasteiger partial charge in [-0.2, -0.15) is 4.31 Å². The quantitative estimate of drug-likeness (QED) is 0.854. The minimum absolute atomic E-state index is 0.236. The summed E-state index contributed by atoms with van der Waals surface area (Å²) in [6.45, 7) is 3.37. The summed E-state index contributed by atoms with van der Waals surface area (Å²) in [5, 5.41) is 0. The molecule has 0 atom stereocenters. The molecule has 2 N–H and O–H groups in total. The molecule has 1 heterocycles. The average Bonchev–Trinajstić information content (AvgIpc) is 2.39. The molecule has 18 heavy (non-hydrogen) atoms. The molecular formula is C13H20N2O2S. The first-order chi connectivity index (χ1) is 8.55. The zero-order chi connectivity index (χ0) is 13.2. The molecule has 0 aromatic heterocycles. The maximum Gasteiger partial charge on any atom is 0.245 e. The lowest BCUT2D eigenvalue weighted by Gasteiger charge is -2.30. The van der Waals surface area contributed by atoms with E-state index in [1.54, 1.807) is 28.6 Å². The van der Waals surface area contributed by atoms with E-state index in [1.807, 2.05) is 0 Å². The molecule has 0 bridgehead atoms. The molecule has 5 heteroatoms. The number of rotatable bonds is 3. The zero-order valence-corrected chi connectivity index (χ0v) is 11.5. The lowest BCUT2D eigenvalue weighted by Crippen LogP contribution is -2.38. The molecule has 2 rings (SSSR count). The van der Waals surface area contributed by atoms with Gasteiger partial charge in [-0.25, -0.2) is 8.42 Å². The topological polar surface area (TPSA) is 63.4 Å². The predicted molar refractivity (Wildman–Crippen MR) is 72.6 cm³/mol. The third-order valence-corrected chi connectivity index (χ3v) is 5.66. The van der Waals surface area contributed by atoms with Crippen LogP contribution in [0.2, 0.25) is 0 Å². The summed E-state index contributed by atoms with van der Waals surface area (Å²) in [5.74, 6) is 0.657. The summed E-state index contributed by atoms with van der Waals surface area (Å²) in [7, 11) is -3.42. The summed E-state index contributed by atoms with van der Waals surface area (Å²) in [6.07, 6.45) is 3.02. The van der Waals surface area contributed by atoms with Crippen LogP contribution in [0, 0.1) is 5.92 Å². The predicted octanol–water partition coefficient (Wildman–Crippen LogP) is 2.08. The Morgan fingerprint density at radius 2 is 1.89 bits per heavy atom. The molecule has 1 aliphatic rings. The van der Waals surface area contributed by atoms with Crippen molar-refractivity contribution >= 4 is 15.7 Å². The highest BCUT2D eigenvalue weighted by Gasteiger charge is 2.29. The number of nitrogens with zero attached hydrogens (tertiary/aromatic N) is 1. The smallest absolute Gasteiger partial charge is 0.245 e. The van der Waals surface area contributed by atoms with Crippen LogP contribution < -0.4 is 5.73 Å². The molecular weight excluding hydrogens is 248 g/mol. The van der Waals surface area contributed by atoms with Crippen molar-refractivity contribution in [1.82, 2.24) is 4.31 Å². The SMILES string of the molecule is CCC1CCN(S(=O)(=O)c2ccccc2N)CC1. The third-order valence-electron chi connectivity index (χ3n) is 3.69. The Morgan fingerprint density at radius 1 is 1.28 bits per heavy atom. The van der Waals surface area contributed by atoms with Crippen molar-refractivity contribution in [3.05, 3.63) is 24.3 Å². The van der Waals surface area contributed by atoms with Crippen molar-refractivity contribution in [3.8, 4) is 0 Å². The van der Waals surface area contributed by atoms with Gasteiger partial charge in [0.2, 0.25) is 10.0 Å². The van der Waals surface area contributed by atoms with Crippen LogP contribution >= 0.6 is 0 Å². The lowest BCUT2D eigenvalue weighted by atomic mass is 9.96. The van der Waals surface area contributed by atoms with Gasteiger partial charge in [-0.15, -0.1) is 0 Å². The molecule has 1 saturated heterocycles. The first-order valence-electron chi connectivity index (χ1n) is 6.40. The van der Waals surface area contributed by atoms with E-state index in [0.717, 1.165) is 19.3 Å². The van der Waals surface area contributed by atoms with Crippen LogP contribution in [-0.2, 0) is 10.0 Å². The van der Waals surface area contributed by atoms with Crippen molar-refractivity contribution < 1.29 is 8.42 Å². The van der Waals surface area contributed by atoms with Gasteiger partial charge in [-0.05, 0) is 30.9 Å². The molecule has 1 aromatic carbocycles. The van der Waals surface area contributed by atoms with Crippen molar-refractivity contribution in [2.75, 3.05) is 18.8 Å². The Kier molecular flexibility index (Phi) is 3.92. The standard InChI is InChI=1S/C13H20N2O2S/c1-2-11-7-9-15(10-8-11)18(16,17)13-6-4-3-5-12(13)14/h3-6,11H,2,7-10,14H2,1H3. The normalized spacial score (nSPS) is 18.9. The second kappa shape index (κ2) is 5.28. The Morgan fingerprint density at radius 3 is 2.44 bits per heavy atom. The van der Waals surface area contributed by atoms with E-state index in [0.29, 0.717) is 24.7 Å². The lowest BCUT2D eigenvalue weighted by molar-refractivity contribution is 0.269. The molecule has 0 spiro atoms. The molecule has 0 aliphatic carbocycles. The van der Waals surface area contributed by atoms with Gasteiger partial charge >= 0.3 is 0 Å². The van der Waals surface area contributed by atoms with E-state index in [4.69, 9.17) is 5.73 Å². The summed E-state index contributed by atoms with van der Waals surface area (Å²) in [6, 6.07) is 6.67. The van der Waals surface area contributed by atoms with Crippen LogP contribution in [-0.4, -0.2) is 25.8 Å². The van der Waals surface area contributed by atoms with E-state index < -0.39 is 10.0 Å². The molecule has 100 valence electrons. The highest BCUT2D eigenvalue weighted by atomic mass is 32.2. The van der Waals surface area contributed by atoms with Crippen LogP contribution in [0.3, 0.4) is 0 Å². The average molecular weight is 268 g/mol. The minimum Gasteiger partial charge on any atom is -0.398 e. The third kappa shape index (κ3) is 2.52. The van der Waals surface area contributed by atoms with Crippen LogP contribution in [0.5, 0.6) is 0 Å². The van der Waals surface area contributed by atoms with E-state index >= 15 is 0 Å². The van der Waals surface area contributed by atoms with Gasteiger partial charge in [0.15, 0.2) is 0 Å². The zero-order valence-electron chi connectivity index (χ0n) is 10.7. The van der Waals surface area contributed by atoms with Crippen LogP contribution in [0.1, 0.15) is 26.2 Å². The number of piperidine rings is 1.